The number of rotatable bonds is 5. The molecule has 0 radical (unpaired) electrons. The number of piperidine rings is 1. The molecular formula is C26H31N3O4S. The summed E-state index contributed by atoms with van der Waals surface area (Å²) in [7, 11) is -3.74. The van der Waals surface area contributed by atoms with Gasteiger partial charge in [0.05, 0.1) is 10.8 Å². The molecule has 1 N–H and O–H groups in total. The van der Waals surface area contributed by atoms with Crippen LogP contribution in [-0.2, 0) is 26.0 Å². The van der Waals surface area contributed by atoms with Gasteiger partial charge in [0.2, 0.25) is 21.8 Å². The lowest BCUT2D eigenvalue weighted by molar-refractivity contribution is -0.121. The second-order valence-corrected chi connectivity index (χ2v) is 11.8. The van der Waals surface area contributed by atoms with Crippen LogP contribution in [0.5, 0.6) is 0 Å². The largest absolute Gasteiger partial charge is 0.326 e. The monoisotopic (exact) mass is 481 g/mol. The molecule has 2 heterocycles. The Bertz CT molecular complexity index is 1240. The Labute approximate surface area is 201 Å². The second kappa shape index (κ2) is 8.82. The number of carbonyl (C=O) groups excluding carboxylic acids is 2. The lowest BCUT2D eigenvalue weighted by atomic mass is 9.98. The van der Waals surface area contributed by atoms with Crippen LogP contribution >= 0.6 is 0 Å². The molecule has 5 rings (SSSR count). The number of amides is 2. The molecule has 8 heteroatoms. The van der Waals surface area contributed by atoms with E-state index in [-0.39, 0.29) is 35.2 Å². The molecular weight excluding hydrogens is 450 g/mol. The molecule has 2 aromatic rings. The molecule has 2 aromatic carbocycles. The summed E-state index contributed by atoms with van der Waals surface area (Å²) >= 11 is 0. The molecule has 1 aliphatic carbocycles. The van der Waals surface area contributed by atoms with Crippen molar-refractivity contribution in [3.05, 3.63) is 53.6 Å². The van der Waals surface area contributed by atoms with Gasteiger partial charge in [0.1, 0.15) is 0 Å². The molecule has 1 saturated heterocycles. The SMILES string of the molecule is Cc1cccc(NC(=O)[C@H]2CCCN(S(=O)(=O)c3ccc4c(c3)C[C@H](C)N4C(=O)C3CC3)C2)c1. The number of sulfonamides is 1. The average molecular weight is 482 g/mol. The molecule has 34 heavy (non-hydrogen) atoms. The summed E-state index contributed by atoms with van der Waals surface area (Å²) < 4.78 is 28.4. The summed E-state index contributed by atoms with van der Waals surface area (Å²) in [6, 6.07) is 12.7. The summed E-state index contributed by atoms with van der Waals surface area (Å²) in [6.07, 6.45) is 3.83. The maximum atomic E-state index is 13.5. The number of fused-ring (bicyclic) bond motifs is 1. The van der Waals surface area contributed by atoms with Crippen LogP contribution in [0.25, 0.3) is 0 Å². The van der Waals surface area contributed by atoms with Gasteiger partial charge in [0.15, 0.2) is 0 Å². The fraction of sp³-hybridized carbons (Fsp3) is 0.462. The number of anilines is 2. The molecule has 2 fully saturated rings. The van der Waals surface area contributed by atoms with Crippen LogP contribution in [-0.4, -0.2) is 43.7 Å². The van der Waals surface area contributed by atoms with E-state index in [1.165, 1.54) is 4.31 Å². The molecule has 2 amide bonds. The zero-order valence-electron chi connectivity index (χ0n) is 19.7. The quantitative estimate of drug-likeness (QED) is 0.705. The predicted octanol–water partition coefficient (Wildman–Crippen LogP) is 3.72. The molecule has 2 aliphatic heterocycles. The Balaban J connectivity index is 1.32. The highest BCUT2D eigenvalue weighted by Gasteiger charge is 2.40. The normalized spacial score (nSPS) is 22.9. The summed E-state index contributed by atoms with van der Waals surface area (Å²) in [5, 5.41) is 2.93. The van der Waals surface area contributed by atoms with Crippen LogP contribution in [0.2, 0.25) is 0 Å². The third-order valence-electron chi connectivity index (χ3n) is 7.11. The zero-order valence-corrected chi connectivity index (χ0v) is 20.5. The second-order valence-electron chi connectivity index (χ2n) is 9.89. The minimum atomic E-state index is -3.74. The van der Waals surface area contributed by atoms with Gasteiger partial charge in [-0.15, -0.1) is 0 Å². The van der Waals surface area contributed by atoms with E-state index < -0.39 is 15.9 Å². The Morgan fingerprint density at radius 3 is 2.56 bits per heavy atom. The predicted molar refractivity (Wildman–Crippen MR) is 131 cm³/mol. The van der Waals surface area contributed by atoms with Crippen molar-refractivity contribution >= 4 is 33.2 Å². The van der Waals surface area contributed by atoms with Gasteiger partial charge < -0.3 is 10.2 Å². The first-order valence-electron chi connectivity index (χ1n) is 12.1. The Morgan fingerprint density at radius 2 is 1.82 bits per heavy atom. The first-order chi connectivity index (χ1) is 16.2. The number of nitrogens with one attached hydrogen (secondary N) is 1. The van der Waals surface area contributed by atoms with E-state index in [4.69, 9.17) is 0 Å². The fourth-order valence-electron chi connectivity index (χ4n) is 5.12. The lowest BCUT2D eigenvalue weighted by Crippen LogP contribution is -2.43. The summed E-state index contributed by atoms with van der Waals surface area (Å²) in [5.41, 5.74) is 3.50. The smallest absolute Gasteiger partial charge is 0.243 e. The van der Waals surface area contributed by atoms with Crippen molar-refractivity contribution < 1.29 is 18.0 Å². The van der Waals surface area contributed by atoms with E-state index in [1.54, 1.807) is 18.2 Å². The Morgan fingerprint density at radius 1 is 1.03 bits per heavy atom. The molecule has 3 aliphatic rings. The van der Waals surface area contributed by atoms with Crippen molar-refractivity contribution in [1.29, 1.82) is 0 Å². The highest BCUT2D eigenvalue weighted by molar-refractivity contribution is 7.89. The van der Waals surface area contributed by atoms with E-state index in [1.807, 2.05) is 43.0 Å². The maximum absolute atomic E-state index is 13.5. The summed E-state index contributed by atoms with van der Waals surface area (Å²) in [4.78, 5) is 27.7. The van der Waals surface area contributed by atoms with Crippen molar-refractivity contribution in [2.75, 3.05) is 23.3 Å². The number of aryl methyl sites for hydroxylation is 1. The van der Waals surface area contributed by atoms with Crippen molar-refractivity contribution in [3.63, 3.8) is 0 Å². The van der Waals surface area contributed by atoms with Crippen LogP contribution in [0.3, 0.4) is 0 Å². The van der Waals surface area contributed by atoms with Gasteiger partial charge in [0, 0.05) is 36.4 Å². The van der Waals surface area contributed by atoms with Crippen molar-refractivity contribution in [2.24, 2.45) is 11.8 Å². The highest BCUT2D eigenvalue weighted by Crippen LogP contribution is 2.40. The topological polar surface area (TPSA) is 86.8 Å². The van der Waals surface area contributed by atoms with Crippen LogP contribution in [0, 0.1) is 18.8 Å². The molecule has 2 atom stereocenters. The highest BCUT2D eigenvalue weighted by atomic mass is 32.2. The van der Waals surface area contributed by atoms with Crippen molar-refractivity contribution in [1.82, 2.24) is 4.31 Å². The number of nitrogens with zero attached hydrogens (tertiary/aromatic N) is 2. The Hall–Kier alpha value is -2.71. The van der Waals surface area contributed by atoms with Gasteiger partial charge in [-0.25, -0.2) is 8.42 Å². The molecule has 0 spiro atoms. The van der Waals surface area contributed by atoms with Crippen molar-refractivity contribution in [2.45, 2.75) is 56.9 Å². The van der Waals surface area contributed by atoms with Gasteiger partial charge in [-0.2, -0.15) is 4.31 Å². The maximum Gasteiger partial charge on any atom is 0.243 e. The van der Waals surface area contributed by atoms with Gasteiger partial charge in [-0.3, -0.25) is 9.59 Å². The minimum absolute atomic E-state index is 0.0331. The standard InChI is InChI=1S/C26H31N3O4S/c1-17-5-3-7-22(13-17)27-25(30)20-6-4-12-28(16-20)34(32,33)23-10-11-24-21(15-23)14-18(2)29(24)26(31)19-8-9-19/h3,5,7,10-11,13,15,18-20H,4,6,8-9,12,14,16H2,1-2H3,(H,27,30)/t18-,20-/m0/s1. The number of hydrogen-bond donors (Lipinski definition) is 1. The third kappa shape index (κ3) is 4.36. The Kier molecular flexibility index (Phi) is 5.98. The minimum Gasteiger partial charge on any atom is -0.326 e. The van der Waals surface area contributed by atoms with E-state index in [2.05, 4.69) is 5.32 Å². The van der Waals surface area contributed by atoms with Crippen LogP contribution in [0.15, 0.2) is 47.4 Å². The summed E-state index contributed by atoms with van der Waals surface area (Å²) in [5.74, 6) is -0.277. The molecule has 0 unspecified atom stereocenters. The van der Waals surface area contributed by atoms with E-state index in [0.717, 1.165) is 35.3 Å². The number of benzene rings is 2. The van der Waals surface area contributed by atoms with Crippen molar-refractivity contribution in [3.8, 4) is 0 Å². The zero-order chi connectivity index (χ0) is 24.0. The number of hydrogen-bond acceptors (Lipinski definition) is 4. The molecule has 180 valence electrons. The van der Waals surface area contributed by atoms with Crippen LogP contribution < -0.4 is 10.2 Å². The van der Waals surface area contributed by atoms with Gasteiger partial charge in [0.25, 0.3) is 0 Å². The first-order valence-corrected chi connectivity index (χ1v) is 13.5. The van der Waals surface area contributed by atoms with E-state index in [0.29, 0.717) is 25.8 Å². The lowest BCUT2D eigenvalue weighted by Gasteiger charge is -2.31. The van der Waals surface area contributed by atoms with E-state index in [9.17, 15) is 18.0 Å². The van der Waals surface area contributed by atoms with Crippen LogP contribution in [0.4, 0.5) is 11.4 Å². The van der Waals surface area contributed by atoms with Crippen LogP contribution in [0.1, 0.15) is 43.7 Å². The number of carbonyl (C=O) groups is 2. The third-order valence-corrected chi connectivity index (χ3v) is 8.97. The van der Waals surface area contributed by atoms with Gasteiger partial charge in [-0.1, -0.05) is 12.1 Å². The van der Waals surface area contributed by atoms with Gasteiger partial charge >= 0.3 is 0 Å². The molecule has 1 saturated carbocycles. The molecule has 0 bridgehead atoms. The molecule has 0 aromatic heterocycles. The molecule has 7 nitrogen and oxygen atoms in total. The summed E-state index contributed by atoms with van der Waals surface area (Å²) in [6.45, 7) is 4.54. The van der Waals surface area contributed by atoms with E-state index >= 15 is 0 Å². The first kappa shape index (κ1) is 23.1. The fourth-order valence-corrected chi connectivity index (χ4v) is 6.70. The van der Waals surface area contributed by atoms with Gasteiger partial charge in [-0.05, 0) is 87.4 Å². The average Bonchev–Trinajstić information content (AvgIpc) is 3.60.